The van der Waals surface area contributed by atoms with Crippen LogP contribution in [0.2, 0.25) is 5.28 Å². The molecule has 0 aliphatic rings. The Balaban J connectivity index is 2.53. The molecule has 1 aromatic heterocycles. The Kier molecular flexibility index (Phi) is 2.98. The topological polar surface area (TPSA) is 25.8 Å². The van der Waals surface area contributed by atoms with Crippen molar-refractivity contribution in [2.24, 2.45) is 0 Å². The first kappa shape index (κ1) is 10.5. The summed E-state index contributed by atoms with van der Waals surface area (Å²) in [5.74, 6) is -0.485. The van der Waals surface area contributed by atoms with E-state index in [9.17, 15) is 4.39 Å². The maximum Gasteiger partial charge on any atom is 0.223 e. The van der Waals surface area contributed by atoms with Gasteiger partial charge in [-0.25, -0.2) is 14.4 Å². The number of benzene rings is 1. The minimum absolute atomic E-state index is 0.0364. The number of hydrogen-bond donors (Lipinski definition) is 0. The Hall–Kier alpha value is -1.00. The molecule has 0 N–H and O–H groups in total. The molecule has 0 bridgehead atoms. The zero-order valence-electron chi connectivity index (χ0n) is 7.42. The van der Waals surface area contributed by atoms with Gasteiger partial charge in [0.15, 0.2) is 5.82 Å². The Morgan fingerprint density at radius 1 is 1.20 bits per heavy atom. The molecular formula is C10H5BrClFN2. The molecule has 0 aliphatic heterocycles. The zero-order valence-corrected chi connectivity index (χ0v) is 9.76. The Morgan fingerprint density at radius 3 is 2.53 bits per heavy atom. The lowest BCUT2D eigenvalue weighted by atomic mass is 10.1. The Bertz CT molecular complexity index is 487. The minimum Gasteiger partial charge on any atom is -0.223 e. The fourth-order valence-corrected chi connectivity index (χ4v) is 1.55. The van der Waals surface area contributed by atoms with Crippen molar-refractivity contribution in [2.45, 2.75) is 0 Å². The van der Waals surface area contributed by atoms with Crippen LogP contribution >= 0.6 is 27.5 Å². The van der Waals surface area contributed by atoms with E-state index in [-0.39, 0.29) is 11.0 Å². The molecule has 0 saturated heterocycles. The predicted octanol–water partition coefficient (Wildman–Crippen LogP) is 3.70. The maximum atomic E-state index is 13.4. The lowest BCUT2D eigenvalue weighted by Gasteiger charge is -2.02. The van der Waals surface area contributed by atoms with Crippen molar-refractivity contribution in [3.63, 3.8) is 0 Å². The SMILES string of the molecule is Fc1cnc(Cl)nc1-c1ccc(Br)cc1. The van der Waals surface area contributed by atoms with E-state index < -0.39 is 5.82 Å². The molecule has 0 fully saturated rings. The standard InChI is InChI=1S/C10H5BrClFN2/c11-7-3-1-6(2-4-7)9-8(13)5-14-10(12)15-9/h1-5H. The number of aromatic nitrogens is 2. The molecule has 76 valence electrons. The number of nitrogens with zero attached hydrogens (tertiary/aromatic N) is 2. The third-order valence-electron chi connectivity index (χ3n) is 1.83. The van der Waals surface area contributed by atoms with E-state index in [1.54, 1.807) is 12.1 Å². The van der Waals surface area contributed by atoms with Gasteiger partial charge in [0.1, 0.15) is 5.69 Å². The van der Waals surface area contributed by atoms with Crippen LogP contribution < -0.4 is 0 Å². The molecule has 1 heterocycles. The van der Waals surface area contributed by atoms with Crippen molar-refractivity contribution in [1.82, 2.24) is 9.97 Å². The minimum atomic E-state index is -0.485. The summed E-state index contributed by atoms with van der Waals surface area (Å²) in [6, 6.07) is 7.13. The van der Waals surface area contributed by atoms with Crippen LogP contribution in [-0.2, 0) is 0 Å². The van der Waals surface area contributed by atoms with Gasteiger partial charge in [0.25, 0.3) is 0 Å². The van der Waals surface area contributed by atoms with Crippen LogP contribution in [0.15, 0.2) is 34.9 Å². The molecule has 0 spiro atoms. The molecule has 0 saturated carbocycles. The van der Waals surface area contributed by atoms with E-state index in [0.29, 0.717) is 5.56 Å². The third kappa shape index (κ3) is 2.33. The molecule has 5 heteroatoms. The normalized spacial score (nSPS) is 10.3. The van der Waals surface area contributed by atoms with Crippen LogP contribution in [0.5, 0.6) is 0 Å². The Morgan fingerprint density at radius 2 is 1.87 bits per heavy atom. The van der Waals surface area contributed by atoms with Crippen LogP contribution in [0, 0.1) is 5.82 Å². The second-order valence-electron chi connectivity index (χ2n) is 2.84. The summed E-state index contributed by atoms with van der Waals surface area (Å²) in [5.41, 5.74) is 0.877. The van der Waals surface area contributed by atoms with Gasteiger partial charge in [0, 0.05) is 10.0 Å². The summed E-state index contributed by atoms with van der Waals surface area (Å²) in [6.07, 6.45) is 1.06. The number of hydrogen-bond acceptors (Lipinski definition) is 2. The van der Waals surface area contributed by atoms with Crippen molar-refractivity contribution in [1.29, 1.82) is 0 Å². The van der Waals surface area contributed by atoms with Crippen molar-refractivity contribution < 1.29 is 4.39 Å². The molecule has 2 rings (SSSR count). The molecule has 2 nitrogen and oxygen atoms in total. The van der Waals surface area contributed by atoms with Gasteiger partial charge in [-0.05, 0) is 23.7 Å². The average molecular weight is 288 g/mol. The van der Waals surface area contributed by atoms with Crippen LogP contribution in [-0.4, -0.2) is 9.97 Å². The van der Waals surface area contributed by atoms with E-state index in [1.807, 2.05) is 12.1 Å². The monoisotopic (exact) mass is 286 g/mol. The lowest BCUT2D eigenvalue weighted by molar-refractivity contribution is 0.618. The van der Waals surface area contributed by atoms with E-state index in [2.05, 4.69) is 25.9 Å². The summed E-state index contributed by atoms with van der Waals surface area (Å²) >= 11 is 8.90. The smallest absolute Gasteiger partial charge is 0.223 e. The van der Waals surface area contributed by atoms with Gasteiger partial charge >= 0.3 is 0 Å². The highest BCUT2D eigenvalue weighted by Gasteiger charge is 2.07. The van der Waals surface area contributed by atoms with Gasteiger partial charge < -0.3 is 0 Å². The van der Waals surface area contributed by atoms with Gasteiger partial charge in [-0.3, -0.25) is 0 Å². The van der Waals surface area contributed by atoms with Crippen molar-refractivity contribution >= 4 is 27.5 Å². The van der Waals surface area contributed by atoms with E-state index >= 15 is 0 Å². The highest BCUT2D eigenvalue weighted by atomic mass is 79.9. The predicted molar refractivity (Wildman–Crippen MR) is 60.1 cm³/mol. The van der Waals surface area contributed by atoms with E-state index in [1.165, 1.54) is 0 Å². The Labute approximate surface area is 99.3 Å². The van der Waals surface area contributed by atoms with Crippen molar-refractivity contribution in [3.05, 3.63) is 46.0 Å². The van der Waals surface area contributed by atoms with E-state index in [0.717, 1.165) is 10.7 Å². The molecule has 2 aromatic rings. The molecular weight excluding hydrogens is 282 g/mol. The molecule has 1 aromatic carbocycles. The molecule has 0 unspecified atom stereocenters. The zero-order chi connectivity index (χ0) is 10.8. The van der Waals surface area contributed by atoms with Crippen LogP contribution in [0.4, 0.5) is 4.39 Å². The van der Waals surface area contributed by atoms with Crippen molar-refractivity contribution in [3.8, 4) is 11.3 Å². The summed E-state index contributed by atoms with van der Waals surface area (Å²) in [7, 11) is 0. The number of rotatable bonds is 1. The first-order valence-electron chi connectivity index (χ1n) is 4.11. The second kappa shape index (κ2) is 4.24. The molecule has 0 amide bonds. The third-order valence-corrected chi connectivity index (χ3v) is 2.54. The van der Waals surface area contributed by atoms with Gasteiger partial charge in [-0.1, -0.05) is 28.1 Å². The summed E-state index contributed by atoms with van der Waals surface area (Å²) < 4.78 is 14.3. The molecule has 0 radical (unpaired) electrons. The van der Waals surface area contributed by atoms with Crippen LogP contribution in [0.25, 0.3) is 11.3 Å². The maximum absolute atomic E-state index is 13.4. The van der Waals surface area contributed by atoms with Crippen LogP contribution in [0.1, 0.15) is 0 Å². The lowest BCUT2D eigenvalue weighted by Crippen LogP contribution is -1.92. The average Bonchev–Trinajstić information content (AvgIpc) is 2.23. The number of halogens is 3. The van der Waals surface area contributed by atoms with Gasteiger partial charge in [-0.15, -0.1) is 0 Å². The summed E-state index contributed by atoms with van der Waals surface area (Å²) in [4.78, 5) is 7.39. The highest BCUT2D eigenvalue weighted by molar-refractivity contribution is 9.10. The fourth-order valence-electron chi connectivity index (χ4n) is 1.16. The highest BCUT2D eigenvalue weighted by Crippen LogP contribution is 2.22. The van der Waals surface area contributed by atoms with Gasteiger partial charge in [0.05, 0.1) is 6.20 Å². The fraction of sp³-hybridized carbons (Fsp3) is 0. The first-order valence-corrected chi connectivity index (χ1v) is 5.28. The molecule has 15 heavy (non-hydrogen) atoms. The van der Waals surface area contributed by atoms with Gasteiger partial charge in [0.2, 0.25) is 5.28 Å². The van der Waals surface area contributed by atoms with Crippen molar-refractivity contribution in [2.75, 3.05) is 0 Å². The quantitative estimate of drug-likeness (QED) is 0.747. The summed E-state index contributed by atoms with van der Waals surface area (Å²) in [5, 5.41) is 0.0364. The molecule has 0 aliphatic carbocycles. The summed E-state index contributed by atoms with van der Waals surface area (Å²) in [6.45, 7) is 0. The van der Waals surface area contributed by atoms with Gasteiger partial charge in [-0.2, -0.15) is 0 Å². The van der Waals surface area contributed by atoms with Crippen LogP contribution in [0.3, 0.4) is 0 Å². The van der Waals surface area contributed by atoms with E-state index in [4.69, 9.17) is 11.6 Å². The largest absolute Gasteiger partial charge is 0.223 e. The second-order valence-corrected chi connectivity index (χ2v) is 4.10. The molecule has 0 atom stereocenters. The first-order chi connectivity index (χ1) is 7.16.